The topological polar surface area (TPSA) is 12.0 Å². The average molecular weight is 260 g/mol. The summed E-state index contributed by atoms with van der Waals surface area (Å²) in [7, 11) is 0. The molecule has 1 rings (SSSR count). The zero-order chi connectivity index (χ0) is 12.1. The zero-order valence-corrected chi connectivity index (χ0v) is 11.6. The fraction of sp³-hybridized carbons (Fsp3) is 0.538. The van der Waals surface area contributed by atoms with Crippen LogP contribution >= 0.6 is 23.2 Å². The molecule has 1 unspecified atom stereocenters. The Bertz CT molecular complexity index is 337. The third-order valence-corrected chi connectivity index (χ3v) is 3.18. The molecule has 1 aromatic rings. The first kappa shape index (κ1) is 13.8. The highest BCUT2D eigenvalue weighted by molar-refractivity contribution is 6.42. The molecule has 0 spiro atoms. The highest BCUT2D eigenvalue weighted by Gasteiger charge is 2.06. The van der Waals surface area contributed by atoms with Crippen molar-refractivity contribution in [3.8, 4) is 0 Å². The quantitative estimate of drug-likeness (QED) is 0.837. The molecule has 0 heterocycles. The van der Waals surface area contributed by atoms with E-state index in [0.29, 0.717) is 22.0 Å². The van der Waals surface area contributed by atoms with E-state index >= 15 is 0 Å². The monoisotopic (exact) mass is 259 g/mol. The molecule has 1 nitrogen and oxygen atoms in total. The minimum Gasteiger partial charge on any atom is -0.314 e. The summed E-state index contributed by atoms with van der Waals surface area (Å²) >= 11 is 11.9. The Morgan fingerprint density at radius 2 is 1.81 bits per heavy atom. The predicted octanol–water partition coefficient (Wildman–Crippen LogP) is 4.17. The van der Waals surface area contributed by atoms with E-state index in [2.05, 4.69) is 26.1 Å². The largest absolute Gasteiger partial charge is 0.314 e. The van der Waals surface area contributed by atoms with Crippen LogP contribution in [0.2, 0.25) is 10.0 Å². The number of halogens is 2. The van der Waals surface area contributed by atoms with Gasteiger partial charge in [0.25, 0.3) is 0 Å². The Morgan fingerprint density at radius 3 is 2.38 bits per heavy atom. The molecule has 0 bridgehead atoms. The molecule has 1 N–H and O–H groups in total. The Kier molecular flexibility index (Phi) is 5.60. The van der Waals surface area contributed by atoms with Gasteiger partial charge in [-0.1, -0.05) is 50.0 Å². The van der Waals surface area contributed by atoms with E-state index in [0.717, 1.165) is 13.0 Å². The summed E-state index contributed by atoms with van der Waals surface area (Å²) < 4.78 is 0. The highest BCUT2D eigenvalue weighted by atomic mass is 35.5. The van der Waals surface area contributed by atoms with Gasteiger partial charge in [0.05, 0.1) is 10.0 Å². The van der Waals surface area contributed by atoms with Gasteiger partial charge in [0, 0.05) is 6.04 Å². The maximum atomic E-state index is 5.98. The first-order chi connectivity index (χ1) is 7.49. The molecule has 0 aromatic heterocycles. The lowest BCUT2D eigenvalue weighted by Gasteiger charge is -2.15. The van der Waals surface area contributed by atoms with Crippen molar-refractivity contribution in [2.45, 2.75) is 33.2 Å². The normalized spacial score (nSPS) is 13.1. The first-order valence-electron chi connectivity index (χ1n) is 5.66. The molecule has 0 amide bonds. The van der Waals surface area contributed by atoms with Crippen molar-refractivity contribution in [1.82, 2.24) is 5.32 Å². The van der Waals surface area contributed by atoms with Crippen molar-refractivity contribution >= 4 is 23.2 Å². The first-order valence-corrected chi connectivity index (χ1v) is 6.42. The predicted molar refractivity (Wildman–Crippen MR) is 72.5 cm³/mol. The fourth-order valence-corrected chi connectivity index (χ4v) is 1.90. The number of benzene rings is 1. The standard InChI is InChI=1S/C13H19Cl2N/c1-9(2)16-8-10(3)6-11-4-5-12(14)13(15)7-11/h4-5,7,9-10,16H,6,8H2,1-3H3. The zero-order valence-electron chi connectivity index (χ0n) is 10.1. The number of rotatable bonds is 5. The number of hydrogen-bond donors (Lipinski definition) is 1. The molecule has 0 radical (unpaired) electrons. The van der Waals surface area contributed by atoms with E-state index < -0.39 is 0 Å². The van der Waals surface area contributed by atoms with Crippen LogP contribution in [0.15, 0.2) is 18.2 Å². The molecule has 3 heteroatoms. The van der Waals surface area contributed by atoms with Crippen molar-refractivity contribution in [3.05, 3.63) is 33.8 Å². The van der Waals surface area contributed by atoms with Gasteiger partial charge in [-0.2, -0.15) is 0 Å². The SMILES string of the molecule is CC(CNC(C)C)Cc1ccc(Cl)c(Cl)c1. The third-order valence-electron chi connectivity index (χ3n) is 2.44. The van der Waals surface area contributed by atoms with Gasteiger partial charge in [-0.3, -0.25) is 0 Å². The fourth-order valence-electron chi connectivity index (χ4n) is 1.58. The molecule has 0 saturated heterocycles. The minimum atomic E-state index is 0.538. The lowest BCUT2D eigenvalue weighted by atomic mass is 10.0. The average Bonchev–Trinajstić information content (AvgIpc) is 2.21. The minimum absolute atomic E-state index is 0.538. The summed E-state index contributed by atoms with van der Waals surface area (Å²) in [5.74, 6) is 0.597. The molecular formula is C13H19Cl2N. The van der Waals surface area contributed by atoms with Crippen molar-refractivity contribution in [2.75, 3.05) is 6.54 Å². The van der Waals surface area contributed by atoms with E-state index in [1.807, 2.05) is 18.2 Å². The molecule has 0 saturated carbocycles. The smallest absolute Gasteiger partial charge is 0.0595 e. The van der Waals surface area contributed by atoms with Gasteiger partial charge < -0.3 is 5.32 Å². The lowest BCUT2D eigenvalue weighted by molar-refractivity contribution is 0.476. The molecule has 0 aliphatic heterocycles. The van der Waals surface area contributed by atoms with Crippen LogP contribution in [0.4, 0.5) is 0 Å². The van der Waals surface area contributed by atoms with Crippen molar-refractivity contribution in [2.24, 2.45) is 5.92 Å². The molecule has 0 aliphatic rings. The number of hydrogen-bond acceptors (Lipinski definition) is 1. The van der Waals surface area contributed by atoms with E-state index in [9.17, 15) is 0 Å². The molecule has 16 heavy (non-hydrogen) atoms. The van der Waals surface area contributed by atoms with E-state index in [4.69, 9.17) is 23.2 Å². The van der Waals surface area contributed by atoms with Crippen LogP contribution in [0.1, 0.15) is 26.3 Å². The van der Waals surface area contributed by atoms with E-state index in [1.165, 1.54) is 5.56 Å². The van der Waals surface area contributed by atoms with Crippen LogP contribution in [0.25, 0.3) is 0 Å². The van der Waals surface area contributed by atoms with Crippen LogP contribution < -0.4 is 5.32 Å². The summed E-state index contributed by atoms with van der Waals surface area (Å²) in [6.07, 6.45) is 1.02. The third kappa shape index (κ3) is 4.73. The Balaban J connectivity index is 2.49. The maximum Gasteiger partial charge on any atom is 0.0595 e. The van der Waals surface area contributed by atoms with E-state index in [1.54, 1.807) is 0 Å². The van der Waals surface area contributed by atoms with Gasteiger partial charge in [-0.25, -0.2) is 0 Å². The Labute approximate surface area is 108 Å². The van der Waals surface area contributed by atoms with Crippen LogP contribution in [0, 0.1) is 5.92 Å². The van der Waals surface area contributed by atoms with Crippen LogP contribution in [-0.2, 0) is 6.42 Å². The van der Waals surface area contributed by atoms with Crippen LogP contribution in [0.5, 0.6) is 0 Å². The Hall–Kier alpha value is -0.240. The second-order valence-electron chi connectivity index (χ2n) is 4.62. The van der Waals surface area contributed by atoms with Gasteiger partial charge >= 0.3 is 0 Å². The van der Waals surface area contributed by atoms with Crippen molar-refractivity contribution in [1.29, 1.82) is 0 Å². The molecule has 1 atom stereocenters. The van der Waals surface area contributed by atoms with Crippen molar-refractivity contribution < 1.29 is 0 Å². The second kappa shape index (κ2) is 6.48. The summed E-state index contributed by atoms with van der Waals surface area (Å²) in [5.41, 5.74) is 1.24. The molecule has 0 fully saturated rings. The summed E-state index contributed by atoms with van der Waals surface area (Å²) in [5, 5.41) is 4.70. The van der Waals surface area contributed by atoms with Crippen LogP contribution in [-0.4, -0.2) is 12.6 Å². The molecule has 1 aromatic carbocycles. The van der Waals surface area contributed by atoms with Gasteiger partial charge in [-0.15, -0.1) is 0 Å². The highest BCUT2D eigenvalue weighted by Crippen LogP contribution is 2.23. The van der Waals surface area contributed by atoms with Gasteiger partial charge in [0.2, 0.25) is 0 Å². The van der Waals surface area contributed by atoms with Gasteiger partial charge in [-0.05, 0) is 36.6 Å². The molecular weight excluding hydrogens is 241 g/mol. The maximum absolute atomic E-state index is 5.98. The van der Waals surface area contributed by atoms with Crippen molar-refractivity contribution in [3.63, 3.8) is 0 Å². The second-order valence-corrected chi connectivity index (χ2v) is 5.44. The van der Waals surface area contributed by atoms with E-state index in [-0.39, 0.29) is 0 Å². The van der Waals surface area contributed by atoms with Crippen LogP contribution in [0.3, 0.4) is 0 Å². The summed E-state index contributed by atoms with van der Waals surface area (Å²) in [6.45, 7) is 7.58. The summed E-state index contributed by atoms with van der Waals surface area (Å²) in [6, 6.07) is 6.40. The van der Waals surface area contributed by atoms with Gasteiger partial charge in [0.1, 0.15) is 0 Å². The summed E-state index contributed by atoms with van der Waals surface area (Å²) in [4.78, 5) is 0. The van der Waals surface area contributed by atoms with Gasteiger partial charge in [0.15, 0.2) is 0 Å². The molecule has 90 valence electrons. The molecule has 0 aliphatic carbocycles. The Morgan fingerprint density at radius 1 is 1.12 bits per heavy atom. The number of nitrogens with one attached hydrogen (secondary N) is 1. The lowest BCUT2D eigenvalue weighted by Crippen LogP contribution is -2.28.